The van der Waals surface area contributed by atoms with Gasteiger partial charge in [0.2, 0.25) is 0 Å². The second kappa shape index (κ2) is 5.09. The molecule has 5 heteroatoms. The molecule has 0 aliphatic rings. The van der Waals surface area contributed by atoms with Crippen LogP contribution >= 0.6 is 0 Å². The minimum absolute atomic E-state index is 0.388. The molecule has 0 spiro atoms. The topological polar surface area (TPSA) is 94.4 Å². The summed E-state index contributed by atoms with van der Waals surface area (Å²) in [6.45, 7) is 0. The summed E-state index contributed by atoms with van der Waals surface area (Å²) in [5.41, 5.74) is 7.89. The first-order valence-electron chi connectivity index (χ1n) is 5.31. The number of aromatic nitrogens is 1. The first-order chi connectivity index (χ1) is 8.72. The van der Waals surface area contributed by atoms with Gasteiger partial charge in [0.25, 0.3) is 5.91 Å². The van der Waals surface area contributed by atoms with E-state index in [0.717, 1.165) is 11.1 Å². The molecule has 2 aromatic rings. The first kappa shape index (κ1) is 11.8. The van der Waals surface area contributed by atoms with E-state index < -0.39 is 5.91 Å². The van der Waals surface area contributed by atoms with Crippen LogP contribution in [0, 0.1) is 0 Å². The Bertz CT molecular complexity index is 607. The summed E-state index contributed by atoms with van der Waals surface area (Å²) in [4.78, 5) is 15.5. The number of rotatable bonds is 3. The van der Waals surface area contributed by atoms with Crippen molar-refractivity contribution in [3.05, 3.63) is 53.7 Å². The smallest absolute Gasteiger partial charge is 0.250 e. The average Bonchev–Trinajstić information content (AvgIpc) is 2.39. The van der Waals surface area contributed by atoms with Crippen molar-refractivity contribution in [1.82, 2.24) is 4.98 Å². The number of amides is 1. The van der Waals surface area contributed by atoms with Crippen molar-refractivity contribution in [1.29, 1.82) is 0 Å². The molecular weight excluding hydrogens is 228 g/mol. The van der Waals surface area contributed by atoms with Crippen LogP contribution in [0.15, 0.2) is 47.7 Å². The third-order valence-corrected chi connectivity index (χ3v) is 2.46. The Kier molecular flexibility index (Phi) is 3.33. The Morgan fingerprint density at radius 3 is 2.83 bits per heavy atom. The largest absolute Gasteiger partial charge is 0.366 e. The van der Waals surface area contributed by atoms with Gasteiger partial charge < -0.3 is 11.6 Å². The Hall–Kier alpha value is -2.69. The maximum Gasteiger partial charge on any atom is 0.250 e. The van der Waals surface area contributed by atoms with E-state index in [0.29, 0.717) is 11.3 Å². The van der Waals surface area contributed by atoms with Gasteiger partial charge in [-0.1, -0.05) is 18.2 Å². The fourth-order valence-electron chi connectivity index (χ4n) is 1.69. The van der Waals surface area contributed by atoms with Gasteiger partial charge in [0.05, 0.1) is 17.5 Å². The summed E-state index contributed by atoms with van der Waals surface area (Å²) >= 11 is 0. The lowest BCUT2D eigenvalue weighted by atomic mass is 10.0. The molecule has 5 nitrogen and oxygen atoms in total. The van der Waals surface area contributed by atoms with E-state index in [1.165, 1.54) is 6.21 Å². The number of nitrogens with zero attached hydrogens (tertiary/aromatic N) is 2. The molecule has 0 aliphatic carbocycles. The fraction of sp³-hybridized carbons (Fsp3) is 0. The summed E-state index contributed by atoms with van der Waals surface area (Å²) in [5.74, 6) is 4.60. The maximum absolute atomic E-state index is 11.3. The molecule has 0 fully saturated rings. The van der Waals surface area contributed by atoms with Crippen LogP contribution in [0.3, 0.4) is 0 Å². The van der Waals surface area contributed by atoms with E-state index in [-0.39, 0.29) is 0 Å². The maximum atomic E-state index is 11.3. The molecule has 1 aromatic heterocycles. The Morgan fingerprint density at radius 1 is 1.28 bits per heavy atom. The number of carbonyl (C=O) groups excluding carboxylic acids is 1. The van der Waals surface area contributed by atoms with Crippen molar-refractivity contribution < 1.29 is 4.79 Å². The van der Waals surface area contributed by atoms with Crippen LogP contribution in [0.4, 0.5) is 0 Å². The fourth-order valence-corrected chi connectivity index (χ4v) is 1.69. The van der Waals surface area contributed by atoms with E-state index in [9.17, 15) is 4.79 Å². The van der Waals surface area contributed by atoms with E-state index in [1.54, 1.807) is 18.3 Å². The van der Waals surface area contributed by atoms with E-state index in [4.69, 9.17) is 11.6 Å². The van der Waals surface area contributed by atoms with Crippen molar-refractivity contribution in [2.75, 3.05) is 0 Å². The molecule has 1 aromatic carbocycles. The lowest BCUT2D eigenvalue weighted by molar-refractivity contribution is 0.100. The van der Waals surface area contributed by atoms with Crippen LogP contribution in [0.2, 0.25) is 0 Å². The molecule has 2 rings (SSSR count). The third-order valence-electron chi connectivity index (χ3n) is 2.46. The number of hydrogen-bond donors (Lipinski definition) is 2. The van der Waals surface area contributed by atoms with Crippen molar-refractivity contribution in [2.24, 2.45) is 16.7 Å². The van der Waals surface area contributed by atoms with E-state index >= 15 is 0 Å². The van der Waals surface area contributed by atoms with Gasteiger partial charge in [-0.2, -0.15) is 5.10 Å². The highest BCUT2D eigenvalue weighted by Crippen LogP contribution is 2.21. The van der Waals surface area contributed by atoms with Crippen molar-refractivity contribution in [3.8, 4) is 11.3 Å². The second-order valence-electron chi connectivity index (χ2n) is 3.67. The highest BCUT2D eigenvalue weighted by Gasteiger charge is 2.10. The predicted octanol–water partition coefficient (Wildman–Crippen LogP) is 1.14. The van der Waals surface area contributed by atoms with Gasteiger partial charge in [0, 0.05) is 11.8 Å². The van der Waals surface area contributed by atoms with Gasteiger partial charge in [-0.05, 0) is 23.8 Å². The Balaban J connectivity index is 2.55. The number of primary amides is 1. The van der Waals surface area contributed by atoms with Crippen LogP contribution < -0.4 is 11.6 Å². The monoisotopic (exact) mass is 240 g/mol. The van der Waals surface area contributed by atoms with Crippen LogP contribution in [0.25, 0.3) is 11.3 Å². The quantitative estimate of drug-likeness (QED) is 0.478. The molecule has 0 saturated carbocycles. The van der Waals surface area contributed by atoms with Crippen LogP contribution in [-0.4, -0.2) is 17.1 Å². The standard InChI is InChI=1S/C13H12N4O/c14-13(18)11-5-2-6-16-12(11)10-4-1-3-9(7-10)8-17-15/h1-8H,15H2,(H2,14,18). The van der Waals surface area contributed by atoms with Crippen LogP contribution in [0.1, 0.15) is 15.9 Å². The number of hydrogen-bond acceptors (Lipinski definition) is 4. The number of hydrazone groups is 1. The number of benzene rings is 1. The van der Waals surface area contributed by atoms with Gasteiger partial charge in [-0.15, -0.1) is 0 Å². The number of pyridine rings is 1. The first-order valence-corrected chi connectivity index (χ1v) is 5.31. The van der Waals surface area contributed by atoms with Crippen molar-refractivity contribution >= 4 is 12.1 Å². The lowest BCUT2D eigenvalue weighted by Gasteiger charge is -2.06. The molecular formula is C13H12N4O. The zero-order valence-corrected chi connectivity index (χ0v) is 9.58. The molecule has 0 unspecified atom stereocenters. The van der Waals surface area contributed by atoms with E-state index in [1.807, 2.05) is 24.3 Å². The molecule has 0 aliphatic heterocycles. The highest BCUT2D eigenvalue weighted by molar-refractivity contribution is 5.99. The highest BCUT2D eigenvalue weighted by atomic mass is 16.1. The van der Waals surface area contributed by atoms with Gasteiger partial charge >= 0.3 is 0 Å². The Labute approximate surface area is 104 Å². The molecule has 1 heterocycles. The summed E-state index contributed by atoms with van der Waals surface area (Å²) in [6.07, 6.45) is 3.14. The van der Waals surface area contributed by atoms with Gasteiger partial charge in [0.15, 0.2) is 0 Å². The molecule has 90 valence electrons. The molecule has 0 atom stereocenters. The summed E-state index contributed by atoms with van der Waals surface area (Å²) in [5, 5.41) is 3.46. The SMILES string of the molecule is NN=Cc1cccc(-c2ncccc2C(N)=O)c1. The summed E-state index contributed by atoms with van der Waals surface area (Å²) in [7, 11) is 0. The number of carbonyl (C=O) groups is 1. The van der Waals surface area contributed by atoms with E-state index in [2.05, 4.69) is 10.1 Å². The normalized spacial score (nSPS) is 10.7. The molecule has 0 saturated heterocycles. The molecule has 1 amide bonds. The summed E-state index contributed by atoms with van der Waals surface area (Å²) < 4.78 is 0. The van der Waals surface area contributed by atoms with Gasteiger partial charge in [-0.3, -0.25) is 9.78 Å². The van der Waals surface area contributed by atoms with Crippen LogP contribution in [0.5, 0.6) is 0 Å². The zero-order chi connectivity index (χ0) is 13.0. The molecule has 4 N–H and O–H groups in total. The molecule has 18 heavy (non-hydrogen) atoms. The average molecular weight is 240 g/mol. The van der Waals surface area contributed by atoms with Gasteiger partial charge in [0.1, 0.15) is 0 Å². The van der Waals surface area contributed by atoms with Gasteiger partial charge in [-0.25, -0.2) is 0 Å². The molecule has 0 radical (unpaired) electrons. The summed E-state index contributed by atoms with van der Waals surface area (Å²) in [6, 6.07) is 10.7. The third kappa shape index (κ3) is 2.35. The zero-order valence-electron chi connectivity index (χ0n) is 9.58. The lowest BCUT2D eigenvalue weighted by Crippen LogP contribution is -2.13. The van der Waals surface area contributed by atoms with Crippen LogP contribution in [-0.2, 0) is 0 Å². The molecule has 0 bridgehead atoms. The Morgan fingerprint density at radius 2 is 2.11 bits per heavy atom. The minimum Gasteiger partial charge on any atom is -0.366 e. The van der Waals surface area contributed by atoms with Crippen molar-refractivity contribution in [3.63, 3.8) is 0 Å². The second-order valence-corrected chi connectivity index (χ2v) is 3.67. The minimum atomic E-state index is -0.504. The number of nitrogens with two attached hydrogens (primary N) is 2. The van der Waals surface area contributed by atoms with Crippen molar-refractivity contribution in [2.45, 2.75) is 0 Å². The predicted molar refractivity (Wildman–Crippen MR) is 70.0 cm³/mol.